The summed E-state index contributed by atoms with van der Waals surface area (Å²) in [6.07, 6.45) is 4.31. The zero-order valence-electron chi connectivity index (χ0n) is 14.8. The van der Waals surface area contributed by atoms with Crippen molar-refractivity contribution in [3.8, 4) is 0 Å². The van der Waals surface area contributed by atoms with Crippen molar-refractivity contribution in [1.82, 2.24) is 0 Å². The van der Waals surface area contributed by atoms with Crippen LogP contribution in [-0.2, 0) is 14.9 Å². The predicted octanol–water partition coefficient (Wildman–Crippen LogP) is 4.54. The fourth-order valence-electron chi connectivity index (χ4n) is 3.98. The Balaban J connectivity index is 2.01. The summed E-state index contributed by atoms with van der Waals surface area (Å²) in [6, 6.07) is 16.7. The molecule has 1 fully saturated rings. The lowest BCUT2D eigenvalue weighted by Gasteiger charge is -2.33. The first-order valence-electron chi connectivity index (χ1n) is 8.86. The molecule has 1 atom stereocenters. The van der Waals surface area contributed by atoms with E-state index in [1.807, 2.05) is 61.5 Å². The van der Waals surface area contributed by atoms with E-state index in [1.54, 1.807) is 0 Å². The molecule has 0 aliphatic heterocycles. The highest BCUT2D eigenvalue weighted by Gasteiger charge is 2.45. The molecule has 3 rings (SSSR count). The maximum absolute atomic E-state index is 12.8. The van der Waals surface area contributed by atoms with E-state index in [0.29, 0.717) is 11.1 Å². The van der Waals surface area contributed by atoms with Crippen LogP contribution >= 0.6 is 0 Å². The van der Waals surface area contributed by atoms with Crippen molar-refractivity contribution in [3.63, 3.8) is 0 Å². The molecule has 0 aromatic heterocycles. The summed E-state index contributed by atoms with van der Waals surface area (Å²) < 4.78 is 5.14. The van der Waals surface area contributed by atoms with Crippen molar-refractivity contribution in [2.45, 2.75) is 38.0 Å². The van der Waals surface area contributed by atoms with E-state index in [2.05, 4.69) is 0 Å². The number of hydrogen-bond acceptors (Lipinski definition) is 3. The molecule has 0 heterocycles. The zero-order chi connectivity index (χ0) is 17.9. The van der Waals surface area contributed by atoms with Crippen molar-refractivity contribution in [1.29, 1.82) is 0 Å². The molecular formula is C22H24O3. The number of ether oxygens (including phenoxy) is 1. The summed E-state index contributed by atoms with van der Waals surface area (Å²) in [7, 11) is 1.44. The van der Waals surface area contributed by atoms with Crippen LogP contribution in [0.4, 0.5) is 0 Å². The Hall–Kier alpha value is -2.42. The van der Waals surface area contributed by atoms with Crippen molar-refractivity contribution >= 4 is 11.8 Å². The first kappa shape index (κ1) is 17.4. The van der Waals surface area contributed by atoms with E-state index in [1.165, 1.54) is 7.11 Å². The molecule has 0 spiro atoms. The van der Waals surface area contributed by atoms with Crippen LogP contribution in [0.1, 0.15) is 54.1 Å². The Morgan fingerprint density at radius 1 is 0.960 bits per heavy atom. The molecule has 1 unspecified atom stereocenters. The average Bonchev–Trinajstić information content (AvgIpc) is 3.22. The summed E-state index contributed by atoms with van der Waals surface area (Å²) in [5.41, 5.74) is 1.42. The normalized spacial score (nSPS) is 17.0. The van der Waals surface area contributed by atoms with Crippen molar-refractivity contribution < 1.29 is 14.3 Å². The maximum Gasteiger partial charge on any atom is 0.316 e. The van der Waals surface area contributed by atoms with Gasteiger partial charge in [0.2, 0.25) is 0 Å². The molecule has 0 bridgehead atoms. The number of carbonyl (C=O) groups is 2. The average molecular weight is 336 g/mol. The molecule has 1 saturated carbocycles. The molecule has 0 saturated heterocycles. The van der Waals surface area contributed by atoms with Crippen molar-refractivity contribution in [2.75, 3.05) is 7.11 Å². The van der Waals surface area contributed by atoms with Gasteiger partial charge in [-0.1, -0.05) is 61.4 Å². The molecule has 3 nitrogen and oxygen atoms in total. The van der Waals surface area contributed by atoms with Crippen LogP contribution in [0.2, 0.25) is 0 Å². The highest BCUT2D eigenvalue weighted by atomic mass is 16.5. The van der Waals surface area contributed by atoms with Crippen LogP contribution < -0.4 is 0 Å². The first-order chi connectivity index (χ1) is 12.1. The fraction of sp³-hybridized carbons (Fsp3) is 0.364. The number of ketones is 1. The summed E-state index contributed by atoms with van der Waals surface area (Å²) >= 11 is 0. The maximum atomic E-state index is 12.8. The lowest BCUT2D eigenvalue weighted by atomic mass is 9.70. The second-order valence-corrected chi connectivity index (χ2v) is 6.95. The third-order valence-corrected chi connectivity index (χ3v) is 5.54. The van der Waals surface area contributed by atoms with Gasteiger partial charge in [0.05, 0.1) is 12.5 Å². The Labute approximate surface area is 149 Å². The van der Waals surface area contributed by atoms with Crippen LogP contribution in [0.15, 0.2) is 54.6 Å². The monoisotopic (exact) mass is 336 g/mol. The summed E-state index contributed by atoms with van der Waals surface area (Å²) in [6.45, 7) is 1.96. The lowest BCUT2D eigenvalue weighted by Crippen LogP contribution is -2.40. The molecule has 3 heteroatoms. The van der Waals surface area contributed by atoms with Crippen LogP contribution in [0.25, 0.3) is 0 Å². The van der Waals surface area contributed by atoms with Gasteiger partial charge < -0.3 is 4.74 Å². The zero-order valence-corrected chi connectivity index (χ0v) is 14.8. The molecule has 130 valence electrons. The van der Waals surface area contributed by atoms with Gasteiger partial charge in [-0.25, -0.2) is 0 Å². The number of hydrogen-bond donors (Lipinski definition) is 0. The van der Waals surface area contributed by atoms with Crippen molar-refractivity contribution in [2.24, 2.45) is 5.92 Å². The molecule has 1 aliphatic carbocycles. The minimum atomic E-state index is -0.710. The van der Waals surface area contributed by atoms with E-state index < -0.39 is 5.41 Å². The molecule has 2 aromatic carbocycles. The summed E-state index contributed by atoms with van der Waals surface area (Å²) in [5, 5.41) is 0. The van der Waals surface area contributed by atoms with Gasteiger partial charge in [-0.2, -0.15) is 0 Å². The van der Waals surface area contributed by atoms with Crippen LogP contribution in [-0.4, -0.2) is 18.9 Å². The van der Waals surface area contributed by atoms with E-state index >= 15 is 0 Å². The van der Waals surface area contributed by atoms with Gasteiger partial charge in [-0.3, -0.25) is 9.59 Å². The Morgan fingerprint density at radius 3 is 2.24 bits per heavy atom. The third kappa shape index (κ3) is 3.23. The molecule has 25 heavy (non-hydrogen) atoms. The number of benzene rings is 2. The van der Waals surface area contributed by atoms with Crippen molar-refractivity contribution in [3.05, 3.63) is 71.3 Å². The third-order valence-electron chi connectivity index (χ3n) is 5.54. The standard InChI is InChI=1S/C22H24O3/c1-22(21(24)25-2,18-12-6-7-13-18)19-14-8-11-17(15-19)20(23)16-9-4-3-5-10-16/h3-5,8-11,14-15,18H,6-7,12-13H2,1-2H3. The highest BCUT2D eigenvalue weighted by molar-refractivity contribution is 6.09. The highest BCUT2D eigenvalue weighted by Crippen LogP contribution is 2.43. The van der Waals surface area contributed by atoms with Gasteiger partial charge in [0.25, 0.3) is 0 Å². The van der Waals surface area contributed by atoms with Crippen LogP contribution in [0.3, 0.4) is 0 Å². The lowest BCUT2D eigenvalue weighted by molar-refractivity contribution is -0.149. The number of esters is 1. The van der Waals surface area contributed by atoms with Gasteiger partial charge in [0.15, 0.2) is 5.78 Å². The minimum Gasteiger partial charge on any atom is -0.468 e. The SMILES string of the molecule is COC(=O)C(C)(c1cccc(C(=O)c2ccccc2)c1)C1CCCC1. The van der Waals surface area contributed by atoms with Gasteiger partial charge in [0, 0.05) is 11.1 Å². The number of rotatable bonds is 5. The molecule has 0 amide bonds. The Bertz CT molecular complexity index is 760. The quantitative estimate of drug-likeness (QED) is 0.595. The van der Waals surface area contributed by atoms with E-state index in [0.717, 1.165) is 31.2 Å². The van der Waals surface area contributed by atoms with Gasteiger partial charge in [-0.15, -0.1) is 0 Å². The second-order valence-electron chi connectivity index (χ2n) is 6.95. The van der Waals surface area contributed by atoms with Crippen LogP contribution in [0.5, 0.6) is 0 Å². The van der Waals surface area contributed by atoms with Gasteiger partial charge >= 0.3 is 5.97 Å². The number of methoxy groups -OCH3 is 1. The molecule has 1 aliphatic rings. The fourth-order valence-corrected chi connectivity index (χ4v) is 3.98. The largest absolute Gasteiger partial charge is 0.468 e. The predicted molar refractivity (Wildman–Crippen MR) is 97.6 cm³/mol. The Kier molecular flexibility index (Phi) is 5.03. The van der Waals surface area contributed by atoms with E-state index in [9.17, 15) is 9.59 Å². The number of carbonyl (C=O) groups excluding carboxylic acids is 2. The van der Waals surface area contributed by atoms with Gasteiger partial charge in [0.1, 0.15) is 0 Å². The van der Waals surface area contributed by atoms with E-state index in [4.69, 9.17) is 4.74 Å². The topological polar surface area (TPSA) is 43.4 Å². The Morgan fingerprint density at radius 2 is 1.60 bits per heavy atom. The summed E-state index contributed by atoms with van der Waals surface area (Å²) in [5.74, 6) is 0.00632. The molecular weight excluding hydrogens is 312 g/mol. The molecule has 2 aromatic rings. The minimum absolute atomic E-state index is 0.0268. The molecule has 0 N–H and O–H groups in total. The molecule has 0 radical (unpaired) electrons. The van der Waals surface area contributed by atoms with Crippen LogP contribution in [0, 0.1) is 5.92 Å². The summed E-state index contributed by atoms with van der Waals surface area (Å²) in [4.78, 5) is 25.4. The first-order valence-corrected chi connectivity index (χ1v) is 8.86. The smallest absolute Gasteiger partial charge is 0.316 e. The van der Waals surface area contributed by atoms with E-state index in [-0.39, 0.29) is 17.7 Å². The van der Waals surface area contributed by atoms with Gasteiger partial charge in [-0.05, 0) is 37.3 Å². The second kappa shape index (κ2) is 7.22.